The summed E-state index contributed by atoms with van der Waals surface area (Å²) in [4.78, 5) is 25.9. The summed E-state index contributed by atoms with van der Waals surface area (Å²) >= 11 is 0. The van der Waals surface area contributed by atoms with Gasteiger partial charge in [-0.1, -0.05) is 24.3 Å². The van der Waals surface area contributed by atoms with E-state index in [9.17, 15) is 27.9 Å². The van der Waals surface area contributed by atoms with Crippen molar-refractivity contribution in [1.82, 2.24) is 4.90 Å². The Balaban J connectivity index is 1.33. The minimum atomic E-state index is -2.71. The predicted molar refractivity (Wildman–Crippen MR) is 111 cm³/mol. The number of likely N-dealkylation sites (tertiary alicyclic amines) is 1. The molecule has 4 rings (SSSR count). The summed E-state index contributed by atoms with van der Waals surface area (Å²) in [6, 6.07) is 13.1. The Kier molecular flexibility index (Phi) is 5.88. The molecule has 0 radical (unpaired) electrons. The van der Waals surface area contributed by atoms with E-state index in [1.54, 1.807) is 36.4 Å². The lowest BCUT2D eigenvalue weighted by Crippen LogP contribution is -2.65. The summed E-state index contributed by atoms with van der Waals surface area (Å²) in [5.74, 6) is -4.32. The number of carbonyl (C=O) groups excluding carboxylic acids is 1. The highest BCUT2D eigenvalue weighted by atomic mass is 19.3. The van der Waals surface area contributed by atoms with Crippen LogP contribution in [0.2, 0.25) is 0 Å². The molecule has 1 aliphatic carbocycles. The lowest BCUT2D eigenvalue weighted by atomic mass is 9.78. The monoisotopic (exact) mass is 447 g/mol. The van der Waals surface area contributed by atoms with Crippen molar-refractivity contribution in [3.63, 3.8) is 0 Å². The maximum Gasteiger partial charge on any atom is 0.316 e. The van der Waals surface area contributed by atoms with E-state index in [0.29, 0.717) is 5.75 Å². The Labute approximate surface area is 183 Å². The second kappa shape index (κ2) is 8.48. The zero-order valence-corrected chi connectivity index (χ0v) is 17.4. The molecule has 0 atom stereocenters. The van der Waals surface area contributed by atoms with Gasteiger partial charge in [0.25, 0.3) is 0 Å². The fourth-order valence-electron chi connectivity index (χ4n) is 4.28. The number of alkyl halides is 2. The molecule has 0 bridgehead atoms. The van der Waals surface area contributed by atoms with Crippen LogP contribution in [0.25, 0.3) is 11.1 Å². The van der Waals surface area contributed by atoms with Crippen molar-refractivity contribution in [3.05, 3.63) is 54.3 Å². The first-order valence-corrected chi connectivity index (χ1v) is 10.6. The number of amides is 1. The Morgan fingerprint density at radius 1 is 0.969 bits per heavy atom. The molecule has 1 N–H and O–H groups in total. The van der Waals surface area contributed by atoms with Crippen LogP contribution >= 0.6 is 0 Å². The topological polar surface area (TPSA) is 66.8 Å². The van der Waals surface area contributed by atoms with Crippen molar-refractivity contribution in [2.24, 2.45) is 11.3 Å². The highest BCUT2D eigenvalue weighted by molar-refractivity contribution is 5.85. The number of rotatable bonds is 6. The molecule has 170 valence electrons. The van der Waals surface area contributed by atoms with Crippen molar-refractivity contribution in [1.29, 1.82) is 0 Å². The third kappa shape index (κ3) is 4.59. The van der Waals surface area contributed by atoms with Crippen LogP contribution in [-0.4, -0.2) is 47.5 Å². The molecule has 1 heterocycles. The van der Waals surface area contributed by atoms with Crippen LogP contribution in [0.3, 0.4) is 0 Å². The van der Waals surface area contributed by atoms with Crippen LogP contribution in [0.1, 0.15) is 25.7 Å². The van der Waals surface area contributed by atoms with Crippen LogP contribution in [0.5, 0.6) is 5.75 Å². The summed E-state index contributed by atoms with van der Waals surface area (Å²) in [6.07, 6.45) is -0.366. The van der Waals surface area contributed by atoms with Gasteiger partial charge in [-0.3, -0.25) is 9.59 Å². The van der Waals surface area contributed by atoms with Crippen LogP contribution in [-0.2, 0) is 9.59 Å². The quantitative estimate of drug-likeness (QED) is 0.702. The number of hydrogen-bond acceptors (Lipinski definition) is 3. The van der Waals surface area contributed by atoms with Crippen molar-refractivity contribution in [2.75, 3.05) is 19.7 Å². The van der Waals surface area contributed by atoms with Crippen LogP contribution in [0.15, 0.2) is 48.5 Å². The normalized spacial score (nSPS) is 19.8. The zero-order valence-electron chi connectivity index (χ0n) is 17.4. The van der Waals surface area contributed by atoms with Gasteiger partial charge in [-0.2, -0.15) is 0 Å². The summed E-state index contributed by atoms with van der Waals surface area (Å²) in [6.45, 7) is -0.103. The van der Waals surface area contributed by atoms with Gasteiger partial charge in [0.15, 0.2) is 0 Å². The molecule has 2 aliphatic rings. The van der Waals surface area contributed by atoms with E-state index in [1.165, 1.54) is 17.0 Å². The van der Waals surface area contributed by atoms with Crippen molar-refractivity contribution < 1.29 is 32.6 Å². The van der Waals surface area contributed by atoms with Gasteiger partial charge in [-0.25, -0.2) is 13.2 Å². The third-order valence-corrected chi connectivity index (χ3v) is 6.37. The Morgan fingerprint density at radius 3 is 2.03 bits per heavy atom. The third-order valence-electron chi connectivity index (χ3n) is 6.37. The van der Waals surface area contributed by atoms with E-state index < -0.39 is 23.2 Å². The van der Waals surface area contributed by atoms with E-state index in [2.05, 4.69) is 0 Å². The molecule has 1 aliphatic heterocycles. The van der Waals surface area contributed by atoms with Gasteiger partial charge in [0.05, 0.1) is 0 Å². The van der Waals surface area contributed by atoms with Gasteiger partial charge in [-0.05, 0) is 48.2 Å². The molecule has 1 saturated carbocycles. The molecule has 2 aromatic carbocycles. The van der Waals surface area contributed by atoms with E-state index >= 15 is 0 Å². The predicted octanol–water partition coefficient (Wildman–Crippen LogP) is 4.61. The average Bonchev–Trinajstić information content (AvgIpc) is 2.73. The summed E-state index contributed by atoms with van der Waals surface area (Å²) in [5, 5.41) is 9.71. The molecule has 0 spiro atoms. The average molecular weight is 447 g/mol. The van der Waals surface area contributed by atoms with Crippen molar-refractivity contribution in [2.45, 2.75) is 31.6 Å². The number of halogens is 3. The number of carboxylic acids is 1. The fourth-order valence-corrected chi connectivity index (χ4v) is 4.28. The first-order valence-electron chi connectivity index (χ1n) is 10.6. The van der Waals surface area contributed by atoms with Gasteiger partial charge in [0.1, 0.15) is 23.6 Å². The van der Waals surface area contributed by atoms with E-state index in [4.69, 9.17) is 4.74 Å². The first kappa shape index (κ1) is 22.2. The fraction of sp³-hybridized carbons (Fsp3) is 0.417. The minimum Gasteiger partial charge on any atom is -0.492 e. The molecule has 2 fully saturated rings. The van der Waals surface area contributed by atoms with Crippen LogP contribution in [0.4, 0.5) is 13.2 Å². The smallest absolute Gasteiger partial charge is 0.316 e. The van der Waals surface area contributed by atoms with Crippen LogP contribution < -0.4 is 4.74 Å². The first-order chi connectivity index (χ1) is 15.2. The summed E-state index contributed by atoms with van der Waals surface area (Å²) in [5.41, 5.74) is 0.488. The van der Waals surface area contributed by atoms with E-state index in [-0.39, 0.29) is 57.1 Å². The number of carbonyl (C=O) groups is 2. The number of aliphatic carboxylic acids is 1. The lowest BCUT2D eigenvalue weighted by molar-refractivity contribution is -0.172. The van der Waals surface area contributed by atoms with Gasteiger partial charge in [0.2, 0.25) is 11.8 Å². The molecular weight excluding hydrogens is 423 g/mol. The van der Waals surface area contributed by atoms with Crippen LogP contribution in [0, 0.1) is 17.2 Å². The highest BCUT2D eigenvalue weighted by Crippen LogP contribution is 2.39. The Hall–Kier alpha value is -3.03. The summed E-state index contributed by atoms with van der Waals surface area (Å²) < 4.78 is 45.4. The van der Waals surface area contributed by atoms with Crippen molar-refractivity contribution >= 4 is 11.9 Å². The molecule has 2 aromatic rings. The second-order valence-electron chi connectivity index (χ2n) is 8.73. The number of nitrogens with zero attached hydrogens (tertiary/aromatic N) is 1. The number of hydrogen-bond donors (Lipinski definition) is 1. The van der Waals surface area contributed by atoms with E-state index in [0.717, 1.165) is 11.1 Å². The SMILES string of the molecule is O=C(C1CCC(F)(F)CC1)N1CC(COc2ccc(-c3ccc(F)cc3)cc2)(C(=O)O)C1. The molecule has 32 heavy (non-hydrogen) atoms. The number of carboxylic acid groups (broad SMARTS) is 1. The number of ether oxygens (including phenoxy) is 1. The standard InChI is InChI=1S/C24H24F3NO4/c25-19-5-1-16(2-6-19)17-3-7-20(8-4-17)32-15-23(22(30)31)13-28(14-23)21(29)18-9-11-24(26,27)12-10-18/h1-8,18H,9-15H2,(H,30,31). The van der Waals surface area contributed by atoms with Gasteiger partial charge in [-0.15, -0.1) is 0 Å². The molecule has 1 saturated heterocycles. The minimum absolute atomic E-state index is 0.00171. The zero-order chi connectivity index (χ0) is 22.9. The van der Waals surface area contributed by atoms with E-state index in [1.807, 2.05) is 0 Å². The maximum atomic E-state index is 13.3. The molecule has 5 nitrogen and oxygen atoms in total. The molecule has 0 unspecified atom stereocenters. The second-order valence-corrected chi connectivity index (χ2v) is 8.73. The largest absolute Gasteiger partial charge is 0.492 e. The number of benzene rings is 2. The summed E-state index contributed by atoms with van der Waals surface area (Å²) in [7, 11) is 0. The van der Waals surface area contributed by atoms with Crippen molar-refractivity contribution in [3.8, 4) is 16.9 Å². The highest BCUT2D eigenvalue weighted by Gasteiger charge is 2.53. The Morgan fingerprint density at radius 2 is 1.50 bits per heavy atom. The molecule has 0 aromatic heterocycles. The molecule has 1 amide bonds. The molecule has 8 heteroatoms. The maximum absolute atomic E-state index is 13.3. The molecular formula is C24H24F3NO4. The Bertz CT molecular complexity index is 975. The lowest BCUT2D eigenvalue weighted by Gasteiger charge is -2.48. The van der Waals surface area contributed by atoms with Gasteiger partial charge >= 0.3 is 5.97 Å². The van der Waals surface area contributed by atoms with Gasteiger partial charge in [0, 0.05) is 31.8 Å². The van der Waals surface area contributed by atoms with Gasteiger partial charge < -0.3 is 14.7 Å².